The Balaban J connectivity index is 1.91. The lowest BCUT2D eigenvalue weighted by molar-refractivity contribution is -0.116. The van der Waals surface area contributed by atoms with E-state index in [1.807, 2.05) is 36.6 Å². The average molecular weight is 290 g/mol. The molecule has 0 atom stereocenters. The normalized spacial score (nSPS) is 10.3. The monoisotopic (exact) mass is 290 g/mol. The summed E-state index contributed by atoms with van der Waals surface area (Å²) in [4.78, 5) is 15.9. The molecule has 1 heterocycles. The van der Waals surface area contributed by atoms with Gasteiger partial charge in [0.05, 0.1) is 5.69 Å². The molecule has 0 aliphatic heterocycles. The molecule has 0 saturated heterocycles. The lowest BCUT2D eigenvalue weighted by Crippen LogP contribution is -2.13. The van der Waals surface area contributed by atoms with Gasteiger partial charge in [-0.25, -0.2) is 4.98 Å². The van der Waals surface area contributed by atoms with Crippen LogP contribution >= 0.6 is 11.3 Å². The van der Waals surface area contributed by atoms with E-state index >= 15 is 0 Å². The molecule has 0 saturated carbocycles. The predicted octanol–water partition coefficient (Wildman–Crippen LogP) is 2.87. The molecule has 0 unspecified atom stereocenters. The molecule has 20 heavy (non-hydrogen) atoms. The number of amides is 1. The second-order valence-electron chi connectivity index (χ2n) is 4.44. The number of anilines is 3. The molecule has 0 fully saturated rings. The molecule has 5 nitrogen and oxygen atoms in total. The van der Waals surface area contributed by atoms with Crippen LogP contribution in [-0.4, -0.2) is 17.4 Å². The Hall–Kier alpha value is -1.92. The predicted molar refractivity (Wildman–Crippen MR) is 83.5 cm³/mol. The minimum atomic E-state index is -0.00768. The van der Waals surface area contributed by atoms with Crippen molar-refractivity contribution < 1.29 is 4.79 Å². The molecule has 1 aromatic heterocycles. The zero-order chi connectivity index (χ0) is 14.4. The first kappa shape index (κ1) is 14.5. The Labute approximate surface area is 122 Å². The van der Waals surface area contributed by atoms with Gasteiger partial charge < -0.3 is 16.4 Å². The number of aryl methyl sites for hydroxylation is 1. The SMILES string of the molecule is Cc1csc(Nc2ccc(NC(=O)CCCN)cc2)n1. The van der Waals surface area contributed by atoms with Crippen LogP contribution in [0.25, 0.3) is 0 Å². The zero-order valence-electron chi connectivity index (χ0n) is 11.3. The van der Waals surface area contributed by atoms with E-state index in [4.69, 9.17) is 5.73 Å². The van der Waals surface area contributed by atoms with Crippen molar-refractivity contribution in [1.29, 1.82) is 0 Å². The number of carbonyl (C=O) groups is 1. The third kappa shape index (κ3) is 4.32. The van der Waals surface area contributed by atoms with Gasteiger partial charge in [-0.15, -0.1) is 11.3 Å². The molecule has 1 aromatic carbocycles. The molecule has 2 rings (SSSR count). The number of hydrogen-bond acceptors (Lipinski definition) is 5. The summed E-state index contributed by atoms with van der Waals surface area (Å²) in [6.45, 7) is 2.49. The second-order valence-corrected chi connectivity index (χ2v) is 5.29. The highest BCUT2D eigenvalue weighted by Gasteiger charge is 2.02. The first-order chi connectivity index (χ1) is 9.67. The van der Waals surface area contributed by atoms with Gasteiger partial charge in [-0.3, -0.25) is 4.79 Å². The minimum Gasteiger partial charge on any atom is -0.332 e. The Morgan fingerprint density at radius 3 is 2.60 bits per heavy atom. The first-order valence-electron chi connectivity index (χ1n) is 6.46. The topological polar surface area (TPSA) is 80.0 Å². The van der Waals surface area contributed by atoms with Crippen molar-refractivity contribution in [3.8, 4) is 0 Å². The molecule has 6 heteroatoms. The number of thiazole rings is 1. The summed E-state index contributed by atoms with van der Waals surface area (Å²) < 4.78 is 0. The van der Waals surface area contributed by atoms with Crippen molar-refractivity contribution in [1.82, 2.24) is 4.98 Å². The number of aromatic nitrogens is 1. The maximum absolute atomic E-state index is 11.6. The van der Waals surface area contributed by atoms with Crippen molar-refractivity contribution in [3.05, 3.63) is 35.3 Å². The smallest absolute Gasteiger partial charge is 0.224 e. The molecule has 0 bridgehead atoms. The van der Waals surface area contributed by atoms with Gasteiger partial charge in [0.2, 0.25) is 5.91 Å². The van der Waals surface area contributed by atoms with Crippen LogP contribution in [0.2, 0.25) is 0 Å². The summed E-state index contributed by atoms with van der Waals surface area (Å²) in [5.74, 6) is -0.00768. The molecule has 0 aliphatic rings. The van der Waals surface area contributed by atoms with Crippen LogP contribution in [0.15, 0.2) is 29.6 Å². The van der Waals surface area contributed by atoms with Gasteiger partial charge in [0.1, 0.15) is 0 Å². The van der Waals surface area contributed by atoms with E-state index < -0.39 is 0 Å². The Morgan fingerprint density at radius 1 is 1.30 bits per heavy atom. The van der Waals surface area contributed by atoms with Gasteiger partial charge in [-0.1, -0.05) is 0 Å². The van der Waals surface area contributed by atoms with Gasteiger partial charge in [0.15, 0.2) is 5.13 Å². The molecule has 1 amide bonds. The van der Waals surface area contributed by atoms with E-state index in [0.29, 0.717) is 19.4 Å². The van der Waals surface area contributed by atoms with Crippen molar-refractivity contribution in [2.45, 2.75) is 19.8 Å². The van der Waals surface area contributed by atoms with E-state index in [1.165, 1.54) is 0 Å². The number of rotatable bonds is 6. The lowest BCUT2D eigenvalue weighted by Gasteiger charge is -2.06. The number of nitrogens with two attached hydrogens (primary N) is 1. The molecule has 2 aromatic rings. The van der Waals surface area contributed by atoms with Gasteiger partial charge in [0, 0.05) is 23.2 Å². The van der Waals surface area contributed by atoms with Crippen LogP contribution in [0.3, 0.4) is 0 Å². The fourth-order valence-electron chi connectivity index (χ4n) is 1.66. The van der Waals surface area contributed by atoms with Gasteiger partial charge in [0.25, 0.3) is 0 Å². The highest BCUT2D eigenvalue weighted by atomic mass is 32.1. The Bertz CT molecular complexity index is 565. The third-order valence-electron chi connectivity index (χ3n) is 2.65. The molecule has 4 N–H and O–H groups in total. The van der Waals surface area contributed by atoms with Crippen molar-refractivity contribution >= 4 is 33.8 Å². The fourth-order valence-corrected chi connectivity index (χ4v) is 2.37. The summed E-state index contributed by atoms with van der Waals surface area (Å²) in [7, 11) is 0. The number of hydrogen-bond donors (Lipinski definition) is 3. The van der Waals surface area contributed by atoms with Crippen molar-refractivity contribution in [2.24, 2.45) is 5.73 Å². The maximum atomic E-state index is 11.6. The average Bonchev–Trinajstić information content (AvgIpc) is 2.84. The Kier molecular flexibility index (Phi) is 5.09. The van der Waals surface area contributed by atoms with Crippen molar-refractivity contribution in [3.63, 3.8) is 0 Å². The quantitative estimate of drug-likeness (QED) is 0.764. The van der Waals surface area contributed by atoms with Crippen LogP contribution in [0, 0.1) is 6.92 Å². The highest BCUT2D eigenvalue weighted by molar-refractivity contribution is 7.13. The van der Waals surface area contributed by atoms with E-state index in [0.717, 1.165) is 22.2 Å². The minimum absolute atomic E-state index is 0.00768. The van der Waals surface area contributed by atoms with Gasteiger partial charge in [-0.2, -0.15) is 0 Å². The van der Waals surface area contributed by atoms with Crippen LogP contribution in [0.4, 0.5) is 16.5 Å². The number of benzene rings is 1. The third-order valence-corrected chi connectivity index (χ3v) is 3.52. The van der Waals surface area contributed by atoms with E-state index in [1.54, 1.807) is 11.3 Å². The highest BCUT2D eigenvalue weighted by Crippen LogP contribution is 2.21. The largest absolute Gasteiger partial charge is 0.332 e. The standard InChI is InChI=1S/C14H18N4OS/c1-10-9-20-14(16-10)18-12-6-4-11(5-7-12)17-13(19)3-2-8-15/h4-7,9H,2-3,8,15H2,1H3,(H,16,18)(H,17,19). The summed E-state index contributed by atoms with van der Waals surface area (Å²) in [6, 6.07) is 7.55. The number of carbonyl (C=O) groups excluding carboxylic acids is 1. The van der Waals surface area contributed by atoms with Gasteiger partial charge in [-0.05, 0) is 44.2 Å². The number of nitrogens with one attached hydrogen (secondary N) is 2. The van der Waals surface area contributed by atoms with Crippen LogP contribution in [0.5, 0.6) is 0 Å². The molecular formula is C14H18N4OS. The molecule has 0 radical (unpaired) electrons. The van der Waals surface area contributed by atoms with Crippen LogP contribution < -0.4 is 16.4 Å². The van der Waals surface area contributed by atoms with E-state index in [9.17, 15) is 4.79 Å². The summed E-state index contributed by atoms with van der Waals surface area (Å²) >= 11 is 1.56. The van der Waals surface area contributed by atoms with Crippen molar-refractivity contribution in [2.75, 3.05) is 17.2 Å². The van der Waals surface area contributed by atoms with E-state index in [-0.39, 0.29) is 5.91 Å². The summed E-state index contributed by atoms with van der Waals surface area (Å²) in [6.07, 6.45) is 1.16. The molecule has 106 valence electrons. The van der Waals surface area contributed by atoms with Gasteiger partial charge >= 0.3 is 0 Å². The lowest BCUT2D eigenvalue weighted by atomic mass is 10.2. The van der Waals surface area contributed by atoms with E-state index in [2.05, 4.69) is 15.6 Å². The summed E-state index contributed by atoms with van der Waals surface area (Å²) in [5.41, 5.74) is 8.10. The zero-order valence-corrected chi connectivity index (χ0v) is 12.2. The van der Waals surface area contributed by atoms with Crippen LogP contribution in [0.1, 0.15) is 18.5 Å². The molecule has 0 aliphatic carbocycles. The number of nitrogens with zero attached hydrogens (tertiary/aromatic N) is 1. The molecule has 0 spiro atoms. The molecular weight excluding hydrogens is 272 g/mol. The first-order valence-corrected chi connectivity index (χ1v) is 7.34. The maximum Gasteiger partial charge on any atom is 0.224 e. The second kappa shape index (κ2) is 7.02. The fraction of sp³-hybridized carbons (Fsp3) is 0.286. The van der Waals surface area contributed by atoms with Crippen LogP contribution in [-0.2, 0) is 4.79 Å². The Morgan fingerprint density at radius 2 is 2.00 bits per heavy atom. The summed E-state index contributed by atoms with van der Waals surface area (Å²) in [5, 5.41) is 8.91.